The Hall–Kier alpha value is -2.58. The molecule has 0 atom stereocenters. The van der Waals surface area contributed by atoms with Gasteiger partial charge >= 0.3 is 0 Å². The number of benzene rings is 2. The van der Waals surface area contributed by atoms with E-state index in [9.17, 15) is 4.79 Å². The Labute approximate surface area is 208 Å². The summed E-state index contributed by atoms with van der Waals surface area (Å²) in [5.74, 6) is 0.207. The van der Waals surface area contributed by atoms with E-state index in [1.807, 2.05) is 12.1 Å². The molecule has 3 aromatic rings. The molecule has 1 fully saturated rings. The smallest absolute Gasteiger partial charge is 0.293 e. The van der Waals surface area contributed by atoms with Crippen molar-refractivity contribution >= 4 is 57.8 Å². The molecule has 2 N–H and O–H groups in total. The number of rotatable bonds is 5. The summed E-state index contributed by atoms with van der Waals surface area (Å²) in [4.78, 5) is 17.4. The monoisotopic (exact) mass is 502 g/mol. The molecule has 33 heavy (non-hydrogen) atoms. The lowest BCUT2D eigenvalue weighted by Crippen LogP contribution is -2.46. The van der Waals surface area contributed by atoms with Crippen LogP contribution in [0.25, 0.3) is 11.3 Å². The van der Waals surface area contributed by atoms with E-state index in [1.54, 1.807) is 30.3 Å². The van der Waals surface area contributed by atoms with E-state index in [0.717, 1.165) is 44.0 Å². The summed E-state index contributed by atoms with van der Waals surface area (Å²) in [5, 5.41) is 6.74. The van der Waals surface area contributed by atoms with Crippen LogP contribution in [0.2, 0.25) is 10.0 Å². The summed E-state index contributed by atoms with van der Waals surface area (Å²) in [7, 11) is 0. The fourth-order valence-corrected chi connectivity index (χ4v) is 4.18. The molecule has 4 rings (SSSR count). The Bertz CT molecular complexity index is 1140. The molecule has 2 aromatic carbocycles. The van der Waals surface area contributed by atoms with E-state index >= 15 is 0 Å². The first kappa shape index (κ1) is 23.6. The third kappa shape index (κ3) is 5.86. The van der Waals surface area contributed by atoms with Gasteiger partial charge in [0.05, 0.1) is 10.0 Å². The van der Waals surface area contributed by atoms with Crippen LogP contribution >= 0.6 is 35.4 Å². The minimum atomic E-state index is -0.441. The van der Waals surface area contributed by atoms with Crippen molar-refractivity contribution in [2.24, 2.45) is 0 Å². The molecule has 0 unspecified atom stereocenters. The van der Waals surface area contributed by atoms with Crippen molar-refractivity contribution in [1.82, 2.24) is 10.2 Å². The number of furan rings is 1. The molecule has 0 saturated carbocycles. The molecule has 0 bridgehead atoms. The number of carbonyl (C=O) groups excluding carboxylic acids is 1. The number of amides is 1. The first-order valence-electron chi connectivity index (χ1n) is 10.7. The van der Waals surface area contributed by atoms with Gasteiger partial charge in [0, 0.05) is 43.1 Å². The van der Waals surface area contributed by atoms with E-state index in [1.165, 1.54) is 5.69 Å². The van der Waals surface area contributed by atoms with Gasteiger partial charge in [-0.1, -0.05) is 30.1 Å². The number of hydrogen-bond acceptors (Lipinski definition) is 5. The first-order chi connectivity index (χ1) is 15.9. The number of likely N-dealkylation sites (N-methyl/N-ethyl adjacent to an activating group) is 1. The van der Waals surface area contributed by atoms with Crippen LogP contribution in [0, 0.1) is 0 Å². The predicted octanol–water partition coefficient (Wildman–Crippen LogP) is 5.52. The van der Waals surface area contributed by atoms with E-state index < -0.39 is 5.91 Å². The number of halogens is 2. The maximum Gasteiger partial charge on any atom is 0.293 e. The molecule has 1 aliphatic rings. The summed E-state index contributed by atoms with van der Waals surface area (Å²) in [6, 6.07) is 16.4. The van der Waals surface area contributed by atoms with Crippen molar-refractivity contribution < 1.29 is 9.21 Å². The Morgan fingerprint density at radius 3 is 2.39 bits per heavy atom. The molecule has 1 aliphatic heterocycles. The van der Waals surface area contributed by atoms with Gasteiger partial charge in [-0.15, -0.1) is 0 Å². The number of nitrogens with one attached hydrogen (secondary N) is 2. The van der Waals surface area contributed by atoms with Gasteiger partial charge < -0.3 is 19.5 Å². The summed E-state index contributed by atoms with van der Waals surface area (Å²) < 4.78 is 5.67. The van der Waals surface area contributed by atoms with Crippen LogP contribution < -0.4 is 15.5 Å². The second-order valence-corrected chi connectivity index (χ2v) is 8.89. The van der Waals surface area contributed by atoms with Gasteiger partial charge in [-0.3, -0.25) is 10.1 Å². The molecule has 2 heterocycles. The van der Waals surface area contributed by atoms with Crippen LogP contribution in [0.4, 0.5) is 11.4 Å². The van der Waals surface area contributed by atoms with Crippen molar-refractivity contribution in [3.05, 3.63) is 70.4 Å². The van der Waals surface area contributed by atoms with Crippen LogP contribution in [0.15, 0.2) is 59.0 Å². The highest BCUT2D eigenvalue weighted by Crippen LogP contribution is 2.29. The fraction of sp³-hybridized carbons (Fsp3) is 0.250. The van der Waals surface area contributed by atoms with Crippen molar-refractivity contribution in [3.8, 4) is 11.3 Å². The van der Waals surface area contributed by atoms with Crippen molar-refractivity contribution in [1.29, 1.82) is 0 Å². The fourth-order valence-electron chi connectivity index (χ4n) is 3.67. The number of thiocarbonyl (C=S) groups is 1. The Balaban J connectivity index is 1.32. The molecule has 1 saturated heterocycles. The standard InChI is InChI=1S/C24H24Cl2N4O2S/c1-2-29-11-13-30(14-12-29)18-6-4-17(5-7-18)27-24(33)28-23(31)22-10-9-21(32-22)16-3-8-19(25)20(26)15-16/h3-10,15H,2,11-14H2,1H3,(H2,27,28,31,33). The lowest BCUT2D eigenvalue weighted by Gasteiger charge is -2.35. The molecule has 6 nitrogen and oxygen atoms in total. The van der Waals surface area contributed by atoms with E-state index in [4.69, 9.17) is 39.8 Å². The van der Waals surface area contributed by atoms with Gasteiger partial charge in [0.25, 0.3) is 5.91 Å². The molecular formula is C24H24Cl2N4O2S. The summed E-state index contributed by atoms with van der Waals surface area (Å²) in [6.45, 7) is 7.47. The van der Waals surface area contributed by atoms with E-state index in [0.29, 0.717) is 15.8 Å². The van der Waals surface area contributed by atoms with Crippen LogP contribution in [-0.2, 0) is 0 Å². The third-order valence-electron chi connectivity index (χ3n) is 5.57. The SMILES string of the molecule is CCN1CCN(c2ccc(NC(=S)NC(=O)c3ccc(-c4ccc(Cl)c(Cl)c4)o3)cc2)CC1. The van der Waals surface area contributed by atoms with Crippen LogP contribution in [0.5, 0.6) is 0 Å². The highest BCUT2D eigenvalue weighted by molar-refractivity contribution is 7.80. The summed E-state index contributed by atoms with van der Waals surface area (Å²) in [5.41, 5.74) is 2.70. The Kier molecular flexibility index (Phi) is 7.55. The van der Waals surface area contributed by atoms with E-state index in [-0.39, 0.29) is 10.9 Å². The first-order valence-corrected chi connectivity index (χ1v) is 11.8. The zero-order valence-corrected chi connectivity index (χ0v) is 20.4. The van der Waals surface area contributed by atoms with Crippen LogP contribution in [-0.4, -0.2) is 48.6 Å². The number of anilines is 2. The zero-order valence-electron chi connectivity index (χ0n) is 18.1. The van der Waals surface area contributed by atoms with Gasteiger partial charge in [-0.25, -0.2) is 0 Å². The van der Waals surface area contributed by atoms with Gasteiger partial charge in [0.2, 0.25) is 0 Å². The quantitative estimate of drug-likeness (QED) is 0.447. The third-order valence-corrected chi connectivity index (χ3v) is 6.51. The molecule has 172 valence electrons. The summed E-state index contributed by atoms with van der Waals surface area (Å²) >= 11 is 17.3. The summed E-state index contributed by atoms with van der Waals surface area (Å²) in [6.07, 6.45) is 0. The second kappa shape index (κ2) is 10.6. The van der Waals surface area contributed by atoms with Crippen LogP contribution in [0.3, 0.4) is 0 Å². The predicted molar refractivity (Wildman–Crippen MR) is 139 cm³/mol. The maximum atomic E-state index is 12.5. The maximum absolute atomic E-state index is 12.5. The topological polar surface area (TPSA) is 60.8 Å². The van der Waals surface area contributed by atoms with Crippen LogP contribution in [0.1, 0.15) is 17.5 Å². The molecular weight excluding hydrogens is 479 g/mol. The zero-order chi connectivity index (χ0) is 23.4. The minimum absolute atomic E-state index is 0.141. The highest BCUT2D eigenvalue weighted by Gasteiger charge is 2.17. The molecule has 0 radical (unpaired) electrons. The molecule has 1 aromatic heterocycles. The van der Waals surface area contributed by atoms with Gasteiger partial charge in [0.1, 0.15) is 5.76 Å². The average molecular weight is 503 g/mol. The van der Waals surface area contributed by atoms with E-state index in [2.05, 4.69) is 39.5 Å². The van der Waals surface area contributed by atoms with Crippen molar-refractivity contribution in [3.63, 3.8) is 0 Å². The average Bonchev–Trinajstić information content (AvgIpc) is 3.32. The Morgan fingerprint density at radius 1 is 1.00 bits per heavy atom. The van der Waals surface area contributed by atoms with Gasteiger partial charge in [-0.2, -0.15) is 0 Å². The number of nitrogens with zero attached hydrogens (tertiary/aromatic N) is 2. The largest absolute Gasteiger partial charge is 0.451 e. The lowest BCUT2D eigenvalue weighted by atomic mass is 10.2. The highest BCUT2D eigenvalue weighted by atomic mass is 35.5. The molecule has 9 heteroatoms. The lowest BCUT2D eigenvalue weighted by molar-refractivity contribution is 0.0951. The normalized spacial score (nSPS) is 14.2. The Morgan fingerprint density at radius 2 is 1.73 bits per heavy atom. The van der Waals surface area contributed by atoms with Crippen molar-refractivity contribution in [2.75, 3.05) is 42.9 Å². The molecule has 1 amide bonds. The molecule has 0 aliphatic carbocycles. The second-order valence-electron chi connectivity index (χ2n) is 7.67. The number of piperazine rings is 1. The minimum Gasteiger partial charge on any atom is -0.451 e. The van der Waals surface area contributed by atoms with Crippen molar-refractivity contribution in [2.45, 2.75) is 6.92 Å². The number of carbonyl (C=O) groups is 1. The number of hydrogen-bond donors (Lipinski definition) is 2. The van der Waals surface area contributed by atoms with Gasteiger partial charge in [0.15, 0.2) is 10.9 Å². The molecule has 0 spiro atoms. The van der Waals surface area contributed by atoms with Gasteiger partial charge in [-0.05, 0) is 73.4 Å².